The molecule has 0 atom stereocenters. The lowest BCUT2D eigenvalue weighted by atomic mass is 10.1. The lowest BCUT2D eigenvalue weighted by Gasteiger charge is -2.04. The van der Waals surface area contributed by atoms with Gasteiger partial charge in [0.1, 0.15) is 5.75 Å². The van der Waals surface area contributed by atoms with Gasteiger partial charge in [0.2, 0.25) is 5.90 Å². The molecule has 0 aliphatic carbocycles. The number of nitrogens with zero attached hydrogens (tertiary/aromatic N) is 2. The molecular weight excluding hydrogens is 360 g/mol. The second-order valence-corrected chi connectivity index (χ2v) is 6.08. The van der Waals surface area contributed by atoms with Crippen LogP contribution in [0.2, 0.25) is 0 Å². The van der Waals surface area contributed by atoms with Crippen LogP contribution >= 0.6 is 0 Å². The highest BCUT2D eigenvalue weighted by Gasteiger charge is 2.25. The van der Waals surface area contributed by atoms with Gasteiger partial charge in [0.15, 0.2) is 5.70 Å². The normalized spacial score (nSPS) is 14.8. The predicted octanol–water partition coefficient (Wildman–Crippen LogP) is 4.10. The molecule has 0 fully saturated rings. The minimum atomic E-state index is -0.628. The SMILES string of the molecule is COc1ccc([N+](=O)[O-])cc1/C=C1\N=C(c2ccc3ccccc3c2)OC1=O. The van der Waals surface area contributed by atoms with E-state index in [0.29, 0.717) is 16.9 Å². The summed E-state index contributed by atoms with van der Waals surface area (Å²) in [7, 11) is 1.44. The summed E-state index contributed by atoms with van der Waals surface area (Å²) < 4.78 is 10.5. The molecule has 0 radical (unpaired) electrons. The maximum Gasteiger partial charge on any atom is 0.363 e. The highest BCUT2D eigenvalue weighted by Crippen LogP contribution is 2.28. The zero-order valence-electron chi connectivity index (χ0n) is 14.8. The van der Waals surface area contributed by atoms with Crippen molar-refractivity contribution in [3.63, 3.8) is 0 Å². The van der Waals surface area contributed by atoms with Crippen LogP contribution in [-0.4, -0.2) is 23.9 Å². The fraction of sp³-hybridized carbons (Fsp3) is 0.0476. The van der Waals surface area contributed by atoms with Gasteiger partial charge in [-0.05, 0) is 35.0 Å². The van der Waals surface area contributed by atoms with Crippen molar-refractivity contribution in [3.8, 4) is 5.75 Å². The van der Waals surface area contributed by atoms with Crippen LogP contribution in [0.15, 0.2) is 71.4 Å². The van der Waals surface area contributed by atoms with Gasteiger partial charge < -0.3 is 9.47 Å². The third-order valence-corrected chi connectivity index (χ3v) is 4.33. The van der Waals surface area contributed by atoms with E-state index < -0.39 is 10.9 Å². The average Bonchev–Trinajstić information content (AvgIpc) is 3.08. The third kappa shape index (κ3) is 3.21. The van der Waals surface area contributed by atoms with Gasteiger partial charge >= 0.3 is 5.97 Å². The second-order valence-electron chi connectivity index (χ2n) is 6.08. The zero-order chi connectivity index (χ0) is 19.7. The van der Waals surface area contributed by atoms with Crippen molar-refractivity contribution in [1.29, 1.82) is 0 Å². The van der Waals surface area contributed by atoms with E-state index in [1.165, 1.54) is 31.4 Å². The lowest BCUT2D eigenvalue weighted by Crippen LogP contribution is -2.05. The van der Waals surface area contributed by atoms with E-state index in [-0.39, 0.29) is 17.3 Å². The van der Waals surface area contributed by atoms with Crippen LogP contribution in [0.3, 0.4) is 0 Å². The summed E-state index contributed by atoms with van der Waals surface area (Å²) in [5, 5.41) is 13.1. The van der Waals surface area contributed by atoms with Crippen molar-refractivity contribution in [3.05, 3.63) is 87.6 Å². The molecule has 0 spiro atoms. The Kier molecular flexibility index (Phi) is 4.33. The summed E-state index contributed by atoms with van der Waals surface area (Å²) >= 11 is 0. The molecule has 0 saturated heterocycles. The molecule has 28 heavy (non-hydrogen) atoms. The molecule has 3 aromatic rings. The summed E-state index contributed by atoms with van der Waals surface area (Å²) in [6, 6.07) is 17.6. The number of rotatable bonds is 4. The van der Waals surface area contributed by atoms with Crippen LogP contribution in [-0.2, 0) is 9.53 Å². The minimum Gasteiger partial charge on any atom is -0.496 e. The molecule has 1 aliphatic rings. The van der Waals surface area contributed by atoms with E-state index in [9.17, 15) is 14.9 Å². The Morgan fingerprint density at radius 1 is 1.07 bits per heavy atom. The molecule has 0 saturated carbocycles. The molecular formula is C21H14N2O5. The summed E-state index contributed by atoms with van der Waals surface area (Å²) in [5.41, 5.74) is 0.966. The summed E-state index contributed by atoms with van der Waals surface area (Å²) in [4.78, 5) is 27.0. The highest BCUT2D eigenvalue weighted by molar-refractivity contribution is 6.13. The number of esters is 1. The van der Waals surface area contributed by atoms with Gasteiger partial charge in [0.25, 0.3) is 5.69 Å². The molecule has 138 valence electrons. The van der Waals surface area contributed by atoms with Gasteiger partial charge in [0, 0.05) is 23.3 Å². The van der Waals surface area contributed by atoms with Gasteiger partial charge in [-0.25, -0.2) is 9.79 Å². The average molecular weight is 374 g/mol. The second kappa shape index (κ2) is 6.96. The van der Waals surface area contributed by atoms with Crippen molar-refractivity contribution < 1.29 is 19.2 Å². The van der Waals surface area contributed by atoms with Gasteiger partial charge in [-0.15, -0.1) is 0 Å². The maximum absolute atomic E-state index is 12.3. The van der Waals surface area contributed by atoms with Crippen LogP contribution < -0.4 is 4.74 Å². The number of nitro benzene ring substituents is 1. The van der Waals surface area contributed by atoms with E-state index in [0.717, 1.165) is 10.8 Å². The van der Waals surface area contributed by atoms with Crippen molar-refractivity contribution in [2.75, 3.05) is 7.11 Å². The molecule has 0 bridgehead atoms. The van der Waals surface area contributed by atoms with E-state index in [4.69, 9.17) is 9.47 Å². The Bertz CT molecular complexity index is 1180. The quantitative estimate of drug-likeness (QED) is 0.297. The molecule has 0 aromatic heterocycles. The Balaban J connectivity index is 1.74. The third-order valence-electron chi connectivity index (χ3n) is 4.33. The first-order valence-electron chi connectivity index (χ1n) is 8.39. The van der Waals surface area contributed by atoms with E-state index >= 15 is 0 Å². The first-order valence-corrected chi connectivity index (χ1v) is 8.39. The number of fused-ring (bicyclic) bond motifs is 1. The largest absolute Gasteiger partial charge is 0.496 e. The number of methoxy groups -OCH3 is 1. The first-order chi connectivity index (χ1) is 13.5. The summed E-state index contributed by atoms with van der Waals surface area (Å²) in [5.74, 6) is -0.0524. The number of hydrogen-bond donors (Lipinski definition) is 0. The molecule has 3 aromatic carbocycles. The zero-order valence-corrected chi connectivity index (χ0v) is 14.8. The molecule has 7 heteroatoms. The lowest BCUT2D eigenvalue weighted by molar-refractivity contribution is -0.384. The summed E-state index contributed by atoms with van der Waals surface area (Å²) in [6.07, 6.45) is 1.42. The van der Waals surface area contributed by atoms with Crippen LogP contribution in [0, 0.1) is 10.1 Å². The Morgan fingerprint density at radius 2 is 1.86 bits per heavy atom. The van der Waals surface area contributed by atoms with Gasteiger partial charge in [-0.2, -0.15) is 0 Å². The van der Waals surface area contributed by atoms with Crippen molar-refractivity contribution >= 4 is 34.4 Å². The van der Waals surface area contributed by atoms with Gasteiger partial charge in [0.05, 0.1) is 12.0 Å². The van der Waals surface area contributed by atoms with Crippen LogP contribution in [0.25, 0.3) is 16.8 Å². The fourth-order valence-electron chi connectivity index (χ4n) is 2.95. The van der Waals surface area contributed by atoms with Gasteiger partial charge in [-0.3, -0.25) is 10.1 Å². The highest BCUT2D eigenvalue weighted by atomic mass is 16.6. The molecule has 1 heterocycles. The number of cyclic esters (lactones) is 1. The van der Waals surface area contributed by atoms with Crippen molar-refractivity contribution in [2.24, 2.45) is 4.99 Å². The Morgan fingerprint density at radius 3 is 2.61 bits per heavy atom. The maximum atomic E-state index is 12.3. The minimum absolute atomic E-state index is 0.0435. The smallest absolute Gasteiger partial charge is 0.363 e. The number of nitro groups is 1. The molecule has 7 nitrogen and oxygen atoms in total. The molecule has 0 unspecified atom stereocenters. The molecule has 0 amide bonds. The fourth-order valence-corrected chi connectivity index (χ4v) is 2.95. The Labute approximate surface area is 159 Å². The number of benzene rings is 3. The molecule has 1 aliphatic heterocycles. The standard InChI is InChI=1S/C21H14N2O5/c1-27-19-9-8-17(23(25)26)11-16(19)12-18-21(24)28-20(22-18)15-7-6-13-4-2-3-5-14(13)10-15/h2-12H,1H3/b18-12-. The molecule has 0 N–H and O–H groups in total. The van der Waals surface area contributed by atoms with E-state index in [1.54, 1.807) is 0 Å². The Hall–Kier alpha value is -4.00. The number of carbonyl (C=O) groups excluding carboxylic acids is 1. The van der Waals surface area contributed by atoms with Crippen LogP contribution in [0.4, 0.5) is 5.69 Å². The van der Waals surface area contributed by atoms with Crippen molar-refractivity contribution in [2.45, 2.75) is 0 Å². The first kappa shape index (κ1) is 17.4. The number of aliphatic imine (C=N–C) groups is 1. The summed E-state index contributed by atoms with van der Waals surface area (Å²) in [6.45, 7) is 0. The van der Waals surface area contributed by atoms with E-state index in [2.05, 4.69) is 4.99 Å². The van der Waals surface area contributed by atoms with E-state index in [1.807, 2.05) is 42.5 Å². The van der Waals surface area contributed by atoms with Crippen LogP contribution in [0.1, 0.15) is 11.1 Å². The van der Waals surface area contributed by atoms with Gasteiger partial charge in [-0.1, -0.05) is 30.3 Å². The number of non-ortho nitro benzene ring substituents is 1. The van der Waals surface area contributed by atoms with Crippen molar-refractivity contribution in [1.82, 2.24) is 0 Å². The number of carbonyl (C=O) groups is 1. The van der Waals surface area contributed by atoms with Crippen LogP contribution in [0.5, 0.6) is 5.75 Å². The monoisotopic (exact) mass is 374 g/mol. The topological polar surface area (TPSA) is 91.0 Å². The number of hydrogen-bond acceptors (Lipinski definition) is 6. The molecule has 4 rings (SSSR count). The predicted molar refractivity (Wildman–Crippen MR) is 104 cm³/mol. The number of ether oxygens (including phenoxy) is 2.